The number of hydrogen-bond acceptors (Lipinski definition) is 6. The van der Waals surface area contributed by atoms with Gasteiger partial charge >= 0.3 is 0 Å². The summed E-state index contributed by atoms with van der Waals surface area (Å²) in [6.45, 7) is 0.717. The molecule has 2 aromatic carbocycles. The van der Waals surface area contributed by atoms with E-state index in [1.165, 1.54) is 17.0 Å². The molecule has 0 fully saturated rings. The molecule has 2 amide bonds. The van der Waals surface area contributed by atoms with Gasteiger partial charge < -0.3 is 5.32 Å². The molecule has 1 aliphatic rings. The van der Waals surface area contributed by atoms with Crippen molar-refractivity contribution in [2.45, 2.75) is 6.92 Å². The first-order chi connectivity index (χ1) is 13.6. The Hall–Kier alpha value is -3.47. The third kappa shape index (κ3) is 4.19. The highest BCUT2D eigenvalue weighted by molar-refractivity contribution is 7.92. The van der Waals surface area contributed by atoms with Gasteiger partial charge in [-0.25, -0.2) is 8.42 Å². The van der Waals surface area contributed by atoms with Crippen LogP contribution < -0.4 is 14.5 Å². The topological polar surface area (TPSA) is 130 Å². The molecular formula is C18H18N4O6S. The van der Waals surface area contributed by atoms with Gasteiger partial charge in [0.25, 0.3) is 5.69 Å². The van der Waals surface area contributed by atoms with Gasteiger partial charge in [-0.15, -0.1) is 0 Å². The second-order valence-electron chi connectivity index (χ2n) is 6.54. The van der Waals surface area contributed by atoms with Gasteiger partial charge in [0.15, 0.2) is 0 Å². The van der Waals surface area contributed by atoms with E-state index in [2.05, 4.69) is 5.32 Å². The number of sulfonamides is 1. The molecule has 3 rings (SSSR count). The standard InChI is InChI=1S/C18H18N4O6S/c1-12-7-8-13(22(25)26)9-16(12)21(29(2,27)28)11-18(24)20-10-17(23)19-14-5-3-4-6-15(14)20/h3-9H,10-11H2,1-2H3,(H,19,23). The lowest BCUT2D eigenvalue weighted by molar-refractivity contribution is -0.384. The zero-order valence-corrected chi connectivity index (χ0v) is 16.5. The van der Waals surface area contributed by atoms with E-state index >= 15 is 0 Å². The van der Waals surface area contributed by atoms with E-state index in [-0.39, 0.29) is 17.9 Å². The van der Waals surface area contributed by atoms with Gasteiger partial charge in [0.2, 0.25) is 21.8 Å². The Morgan fingerprint density at radius 2 is 1.97 bits per heavy atom. The second kappa shape index (κ2) is 7.51. The number of para-hydroxylation sites is 2. The summed E-state index contributed by atoms with van der Waals surface area (Å²) in [5.41, 5.74) is 1.07. The second-order valence-corrected chi connectivity index (χ2v) is 8.45. The summed E-state index contributed by atoms with van der Waals surface area (Å²) in [6.07, 6.45) is 0.912. The minimum atomic E-state index is -3.94. The number of non-ortho nitro benzene ring substituents is 1. The maximum atomic E-state index is 13.0. The van der Waals surface area contributed by atoms with Gasteiger partial charge in [-0.05, 0) is 24.6 Å². The third-order valence-electron chi connectivity index (χ3n) is 4.42. The molecule has 10 nitrogen and oxygen atoms in total. The number of hydrogen-bond donors (Lipinski definition) is 1. The molecule has 0 saturated carbocycles. The van der Waals surface area contributed by atoms with Crippen molar-refractivity contribution in [2.24, 2.45) is 0 Å². The van der Waals surface area contributed by atoms with E-state index in [9.17, 15) is 28.1 Å². The Labute approximate surface area is 166 Å². The van der Waals surface area contributed by atoms with Crippen LogP contribution in [0.5, 0.6) is 0 Å². The number of nitro groups is 1. The lowest BCUT2D eigenvalue weighted by Gasteiger charge is -2.31. The molecule has 2 aromatic rings. The number of carbonyl (C=O) groups is 2. The summed E-state index contributed by atoms with van der Waals surface area (Å²) in [5, 5.41) is 13.7. The average molecular weight is 418 g/mol. The molecule has 0 radical (unpaired) electrons. The summed E-state index contributed by atoms with van der Waals surface area (Å²) in [7, 11) is -3.94. The average Bonchev–Trinajstić information content (AvgIpc) is 2.64. The van der Waals surface area contributed by atoms with Crippen molar-refractivity contribution in [2.75, 3.05) is 33.9 Å². The maximum absolute atomic E-state index is 13.0. The Morgan fingerprint density at radius 3 is 2.62 bits per heavy atom. The molecule has 0 spiro atoms. The van der Waals surface area contributed by atoms with Gasteiger partial charge in [0.05, 0.1) is 28.2 Å². The van der Waals surface area contributed by atoms with Gasteiger partial charge in [-0.2, -0.15) is 0 Å². The highest BCUT2D eigenvalue weighted by atomic mass is 32.2. The van der Waals surface area contributed by atoms with E-state index < -0.39 is 33.3 Å². The molecule has 0 aliphatic carbocycles. The van der Waals surface area contributed by atoms with Gasteiger partial charge in [-0.3, -0.25) is 28.9 Å². The van der Waals surface area contributed by atoms with Crippen LogP contribution in [0.3, 0.4) is 0 Å². The first kappa shape index (κ1) is 20.3. The molecule has 1 aliphatic heterocycles. The van der Waals surface area contributed by atoms with Crippen LogP contribution in [0, 0.1) is 17.0 Å². The number of carbonyl (C=O) groups excluding carboxylic acids is 2. The molecule has 0 saturated heterocycles. The molecule has 0 unspecified atom stereocenters. The molecule has 0 bridgehead atoms. The number of anilines is 3. The SMILES string of the molecule is Cc1ccc([N+](=O)[O-])cc1N(CC(=O)N1CC(=O)Nc2ccccc21)S(C)(=O)=O. The highest BCUT2D eigenvalue weighted by Crippen LogP contribution is 2.31. The lowest BCUT2D eigenvalue weighted by atomic mass is 10.1. The largest absolute Gasteiger partial charge is 0.323 e. The normalized spacial score (nSPS) is 13.4. The zero-order valence-electron chi connectivity index (χ0n) is 15.7. The van der Waals surface area contributed by atoms with Gasteiger partial charge in [0, 0.05) is 12.1 Å². The molecule has 152 valence electrons. The number of benzene rings is 2. The summed E-state index contributed by atoms with van der Waals surface area (Å²) in [6, 6.07) is 10.4. The minimum Gasteiger partial charge on any atom is -0.323 e. The van der Waals surface area contributed by atoms with E-state index in [4.69, 9.17) is 0 Å². The molecule has 11 heteroatoms. The summed E-state index contributed by atoms with van der Waals surface area (Å²) < 4.78 is 25.6. The van der Waals surface area contributed by atoms with Crippen molar-refractivity contribution >= 4 is 44.6 Å². The Bertz CT molecular complexity index is 1120. The molecule has 0 aromatic heterocycles. The Morgan fingerprint density at radius 1 is 1.28 bits per heavy atom. The predicted molar refractivity (Wildman–Crippen MR) is 107 cm³/mol. The van der Waals surface area contributed by atoms with Crippen LogP contribution in [0.4, 0.5) is 22.7 Å². The van der Waals surface area contributed by atoms with Crippen molar-refractivity contribution in [1.29, 1.82) is 0 Å². The Balaban J connectivity index is 1.99. The summed E-state index contributed by atoms with van der Waals surface area (Å²) in [4.78, 5) is 36.6. The van der Waals surface area contributed by atoms with Crippen LogP contribution >= 0.6 is 0 Å². The zero-order chi connectivity index (χ0) is 21.3. The fourth-order valence-corrected chi connectivity index (χ4v) is 3.92. The quantitative estimate of drug-likeness (QED) is 0.580. The van der Waals surface area contributed by atoms with Crippen molar-refractivity contribution in [3.8, 4) is 0 Å². The van der Waals surface area contributed by atoms with E-state index in [0.29, 0.717) is 16.9 Å². The first-order valence-corrected chi connectivity index (χ1v) is 10.3. The van der Waals surface area contributed by atoms with Crippen LogP contribution in [0.2, 0.25) is 0 Å². The number of nitrogens with zero attached hydrogens (tertiary/aromatic N) is 3. The van der Waals surface area contributed by atoms with Crippen molar-refractivity contribution < 1.29 is 22.9 Å². The number of nitro benzene ring substituents is 1. The number of rotatable bonds is 5. The van der Waals surface area contributed by atoms with Crippen LogP contribution in [-0.2, 0) is 19.6 Å². The molecule has 0 atom stereocenters. The monoisotopic (exact) mass is 418 g/mol. The van der Waals surface area contributed by atoms with Crippen molar-refractivity contribution in [3.05, 3.63) is 58.1 Å². The third-order valence-corrected chi connectivity index (χ3v) is 5.55. The summed E-state index contributed by atoms with van der Waals surface area (Å²) in [5.74, 6) is -1.04. The maximum Gasteiger partial charge on any atom is 0.271 e. The van der Waals surface area contributed by atoms with E-state index in [1.54, 1.807) is 31.2 Å². The van der Waals surface area contributed by atoms with Crippen LogP contribution in [0.25, 0.3) is 0 Å². The lowest BCUT2D eigenvalue weighted by Crippen LogP contribution is -2.48. The predicted octanol–water partition coefficient (Wildman–Crippen LogP) is 1.65. The van der Waals surface area contributed by atoms with E-state index in [0.717, 1.165) is 16.6 Å². The van der Waals surface area contributed by atoms with E-state index in [1.807, 2.05) is 0 Å². The molecular weight excluding hydrogens is 400 g/mol. The van der Waals surface area contributed by atoms with Crippen LogP contribution in [-0.4, -0.2) is 44.5 Å². The fraction of sp³-hybridized carbons (Fsp3) is 0.222. The number of nitrogens with one attached hydrogen (secondary N) is 1. The Kier molecular flexibility index (Phi) is 5.25. The van der Waals surface area contributed by atoms with Gasteiger partial charge in [-0.1, -0.05) is 18.2 Å². The van der Waals surface area contributed by atoms with Crippen LogP contribution in [0.15, 0.2) is 42.5 Å². The van der Waals surface area contributed by atoms with Crippen LogP contribution in [0.1, 0.15) is 5.56 Å². The smallest absolute Gasteiger partial charge is 0.271 e. The highest BCUT2D eigenvalue weighted by Gasteiger charge is 2.31. The number of fused-ring (bicyclic) bond motifs is 1. The molecule has 1 heterocycles. The van der Waals surface area contributed by atoms with Gasteiger partial charge in [0.1, 0.15) is 13.1 Å². The van der Waals surface area contributed by atoms with Crippen molar-refractivity contribution in [3.63, 3.8) is 0 Å². The first-order valence-electron chi connectivity index (χ1n) is 8.50. The summed E-state index contributed by atoms with van der Waals surface area (Å²) >= 11 is 0. The molecule has 29 heavy (non-hydrogen) atoms. The minimum absolute atomic E-state index is 0.0322. The number of aryl methyl sites for hydroxylation is 1. The fourth-order valence-electron chi connectivity index (χ4n) is 3.03. The number of amides is 2. The van der Waals surface area contributed by atoms with Crippen molar-refractivity contribution in [1.82, 2.24) is 0 Å². The molecule has 1 N–H and O–H groups in total.